The number of nitrogens with one attached hydrogen (secondary N) is 1. The first-order valence-electron chi connectivity index (χ1n) is 9.16. The molecule has 0 aliphatic rings. The van der Waals surface area contributed by atoms with Crippen LogP contribution in [-0.2, 0) is 4.43 Å². The smallest absolute Gasteiger partial charge is 0.192 e. The highest BCUT2D eigenvalue weighted by Crippen LogP contribution is 2.34. The van der Waals surface area contributed by atoms with Crippen LogP contribution in [0.2, 0.25) is 23.2 Å². The maximum atomic E-state index is 6.81. The molecule has 0 aliphatic heterocycles. The number of rotatable bonds is 9. The molecular formula is C19H35ClN2OSi. The zero-order valence-electron chi connectivity index (χ0n) is 16.5. The van der Waals surface area contributed by atoms with Crippen LogP contribution in [0.1, 0.15) is 58.8 Å². The number of halogens is 1. The molecule has 3 nitrogen and oxygen atoms in total. The van der Waals surface area contributed by atoms with Crippen molar-refractivity contribution in [1.82, 2.24) is 10.3 Å². The van der Waals surface area contributed by atoms with Crippen LogP contribution < -0.4 is 5.32 Å². The lowest BCUT2D eigenvalue weighted by molar-refractivity contribution is 0.180. The first-order valence-corrected chi connectivity index (χ1v) is 12.1. The zero-order valence-corrected chi connectivity index (χ0v) is 18.3. The maximum Gasteiger partial charge on any atom is 0.192 e. The largest absolute Gasteiger partial charge is 0.409 e. The Balaban J connectivity index is 3.07. The van der Waals surface area contributed by atoms with Crippen LogP contribution in [0.25, 0.3) is 0 Å². The second kappa shape index (κ2) is 9.32. The Labute approximate surface area is 154 Å². The monoisotopic (exact) mass is 370 g/mol. The molecule has 0 saturated carbocycles. The van der Waals surface area contributed by atoms with Gasteiger partial charge in [0.15, 0.2) is 8.32 Å². The third-order valence-electron chi connectivity index (χ3n) is 4.77. The van der Waals surface area contributed by atoms with E-state index in [4.69, 9.17) is 16.0 Å². The Kier molecular flexibility index (Phi) is 8.40. The highest BCUT2D eigenvalue weighted by molar-refractivity contribution is 6.73. The summed E-state index contributed by atoms with van der Waals surface area (Å²) in [5, 5.41) is 4.30. The molecule has 0 spiro atoms. The van der Waals surface area contributed by atoms with Crippen molar-refractivity contribution in [2.45, 2.75) is 72.7 Å². The van der Waals surface area contributed by atoms with Gasteiger partial charge < -0.3 is 9.74 Å². The molecule has 1 atom stereocenters. The van der Waals surface area contributed by atoms with Gasteiger partial charge in [0.2, 0.25) is 0 Å². The summed E-state index contributed by atoms with van der Waals surface area (Å²) in [6.07, 6.45) is 3.61. The van der Waals surface area contributed by atoms with Crippen LogP contribution >= 0.6 is 11.6 Å². The number of aromatic nitrogens is 1. The molecule has 1 unspecified atom stereocenters. The van der Waals surface area contributed by atoms with Crippen LogP contribution in [-0.4, -0.2) is 26.4 Å². The number of hydrogen-bond acceptors (Lipinski definition) is 3. The van der Waals surface area contributed by atoms with Crippen molar-refractivity contribution in [2.75, 3.05) is 13.1 Å². The minimum atomic E-state index is -1.72. The van der Waals surface area contributed by atoms with Gasteiger partial charge in [0.1, 0.15) is 0 Å². The van der Waals surface area contributed by atoms with Gasteiger partial charge in [0.25, 0.3) is 0 Å². The summed E-state index contributed by atoms with van der Waals surface area (Å²) in [5.41, 5.74) is 2.45. The van der Waals surface area contributed by atoms with Gasteiger partial charge in [-0.1, -0.05) is 53.1 Å². The van der Waals surface area contributed by atoms with Crippen molar-refractivity contribution >= 4 is 19.9 Å². The summed E-state index contributed by atoms with van der Waals surface area (Å²) in [6, 6.07) is 3.41. The molecule has 0 radical (unpaired) electrons. The molecule has 0 aromatic carbocycles. The standard InChI is InChI=1S/C19H35ClN2OSi/c1-8-24(9-2,10-3)23-17(13-22-14-19(5,6)7)18-15(4)11-21-12-16(18)20/h11-12,17,22H,8-10,13-14H2,1-7H3. The van der Waals surface area contributed by atoms with Crippen LogP contribution in [0.5, 0.6) is 0 Å². The normalized spacial score (nSPS) is 14.0. The maximum absolute atomic E-state index is 6.81. The summed E-state index contributed by atoms with van der Waals surface area (Å²) in [5.74, 6) is 0. The SMILES string of the molecule is CC[Si](CC)(CC)OC(CNCC(C)(C)C)c1c(C)cncc1Cl. The summed E-state index contributed by atoms with van der Waals surface area (Å²) >= 11 is 6.50. The van der Waals surface area contributed by atoms with Gasteiger partial charge in [-0.25, -0.2) is 0 Å². The van der Waals surface area contributed by atoms with E-state index in [-0.39, 0.29) is 11.5 Å². The molecule has 24 heavy (non-hydrogen) atoms. The van der Waals surface area contributed by atoms with Crippen molar-refractivity contribution < 1.29 is 4.43 Å². The van der Waals surface area contributed by atoms with E-state index >= 15 is 0 Å². The van der Waals surface area contributed by atoms with Crippen molar-refractivity contribution in [1.29, 1.82) is 0 Å². The van der Waals surface area contributed by atoms with Crippen LogP contribution in [0, 0.1) is 12.3 Å². The molecule has 0 saturated heterocycles. The number of aryl methyl sites for hydroxylation is 1. The van der Waals surface area contributed by atoms with Crippen molar-refractivity contribution in [3.63, 3.8) is 0 Å². The third-order valence-corrected chi connectivity index (χ3v) is 9.72. The Bertz CT molecular complexity index is 484. The Morgan fingerprint density at radius 1 is 1.17 bits per heavy atom. The lowest BCUT2D eigenvalue weighted by atomic mass is 9.97. The first kappa shape index (κ1) is 21.6. The minimum absolute atomic E-state index is 0.00522. The van der Waals surface area contributed by atoms with Gasteiger partial charge in [-0.2, -0.15) is 0 Å². The highest BCUT2D eigenvalue weighted by atomic mass is 35.5. The number of nitrogens with zero attached hydrogens (tertiary/aromatic N) is 1. The molecule has 1 aromatic heterocycles. The van der Waals surface area contributed by atoms with Gasteiger partial charge in [-0.15, -0.1) is 0 Å². The van der Waals surface area contributed by atoms with E-state index in [1.54, 1.807) is 6.20 Å². The Hall–Kier alpha value is -0.423. The van der Waals surface area contributed by atoms with Crippen LogP contribution in [0.4, 0.5) is 0 Å². The predicted molar refractivity (Wildman–Crippen MR) is 107 cm³/mol. The van der Waals surface area contributed by atoms with Crippen LogP contribution in [0.3, 0.4) is 0 Å². The second-order valence-electron chi connectivity index (χ2n) is 7.89. The highest BCUT2D eigenvalue weighted by Gasteiger charge is 2.33. The lowest BCUT2D eigenvalue weighted by Crippen LogP contribution is -2.41. The van der Waals surface area contributed by atoms with E-state index < -0.39 is 8.32 Å². The van der Waals surface area contributed by atoms with Gasteiger partial charge in [0.05, 0.1) is 11.1 Å². The number of pyridine rings is 1. The molecule has 138 valence electrons. The van der Waals surface area contributed by atoms with Gasteiger partial charge in [-0.3, -0.25) is 4.98 Å². The van der Waals surface area contributed by atoms with E-state index in [1.807, 2.05) is 6.20 Å². The van der Waals surface area contributed by atoms with Crippen molar-refractivity contribution in [2.24, 2.45) is 5.41 Å². The van der Waals surface area contributed by atoms with Crippen molar-refractivity contribution in [3.05, 3.63) is 28.5 Å². The Morgan fingerprint density at radius 3 is 2.21 bits per heavy atom. The average molecular weight is 371 g/mol. The molecule has 1 aromatic rings. The molecule has 5 heteroatoms. The zero-order chi connectivity index (χ0) is 18.4. The summed E-state index contributed by atoms with van der Waals surface area (Å²) in [6.45, 7) is 17.3. The fourth-order valence-electron chi connectivity index (χ4n) is 3.03. The molecule has 1 N–H and O–H groups in total. The summed E-state index contributed by atoms with van der Waals surface area (Å²) in [4.78, 5) is 4.21. The average Bonchev–Trinajstić information content (AvgIpc) is 2.51. The quantitative estimate of drug-likeness (QED) is 0.562. The van der Waals surface area contributed by atoms with E-state index in [0.717, 1.165) is 42.3 Å². The molecule has 0 amide bonds. The molecule has 0 aliphatic carbocycles. The lowest BCUT2D eigenvalue weighted by Gasteiger charge is -2.35. The van der Waals surface area contributed by atoms with E-state index in [2.05, 4.69) is 58.8 Å². The molecule has 1 heterocycles. The van der Waals surface area contributed by atoms with Gasteiger partial charge in [-0.05, 0) is 36.0 Å². The topological polar surface area (TPSA) is 34.1 Å². The van der Waals surface area contributed by atoms with Gasteiger partial charge in [0, 0.05) is 31.0 Å². The predicted octanol–water partition coefficient (Wildman–Crippen LogP) is 5.74. The van der Waals surface area contributed by atoms with E-state index in [1.165, 1.54) is 0 Å². The molecule has 1 rings (SSSR count). The van der Waals surface area contributed by atoms with Crippen molar-refractivity contribution in [3.8, 4) is 0 Å². The fraction of sp³-hybridized carbons (Fsp3) is 0.737. The summed E-state index contributed by atoms with van der Waals surface area (Å²) < 4.78 is 6.81. The minimum Gasteiger partial charge on any atom is -0.409 e. The molecule has 0 fully saturated rings. The number of hydrogen-bond donors (Lipinski definition) is 1. The third kappa shape index (κ3) is 6.14. The van der Waals surface area contributed by atoms with E-state index in [0.29, 0.717) is 5.02 Å². The van der Waals surface area contributed by atoms with E-state index in [9.17, 15) is 0 Å². The second-order valence-corrected chi connectivity index (χ2v) is 13.0. The summed E-state index contributed by atoms with van der Waals surface area (Å²) in [7, 11) is -1.72. The first-order chi connectivity index (χ1) is 11.2. The fourth-order valence-corrected chi connectivity index (χ4v) is 6.16. The molecular weight excluding hydrogens is 336 g/mol. The van der Waals surface area contributed by atoms with Crippen LogP contribution in [0.15, 0.2) is 12.4 Å². The Morgan fingerprint density at radius 2 is 1.75 bits per heavy atom. The van der Waals surface area contributed by atoms with Gasteiger partial charge >= 0.3 is 0 Å². The molecule has 0 bridgehead atoms.